The standard InChI is InChI=1S/C2H6ClO2PS/c1-5-6(3,4)7-2/h1-2H3. The van der Waals surface area contributed by atoms with Crippen molar-refractivity contribution in [1.82, 2.24) is 0 Å². The lowest BCUT2D eigenvalue weighted by molar-refractivity contribution is 0.423. The Morgan fingerprint density at radius 2 is 2.29 bits per heavy atom. The molecule has 0 fully saturated rings. The van der Waals surface area contributed by atoms with E-state index in [4.69, 9.17) is 11.2 Å². The molecule has 0 heterocycles. The van der Waals surface area contributed by atoms with Crippen LogP contribution in [0.15, 0.2) is 0 Å². The number of hydrogen-bond donors (Lipinski definition) is 0. The molecule has 2 nitrogen and oxygen atoms in total. The second-order valence-electron chi connectivity index (χ2n) is 0.796. The molecule has 5 heteroatoms. The van der Waals surface area contributed by atoms with Crippen LogP contribution in [-0.4, -0.2) is 13.4 Å². The summed E-state index contributed by atoms with van der Waals surface area (Å²) >= 11 is 6.23. The Bertz CT molecular complexity index is 87.7. The van der Waals surface area contributed by atoms with Gasteiger partial charge in [-0.1, -0.05) is 11.4 Å². The fourth-order valence-electron chi connectivity index (χ4n) is 0.0745. The van der Waals surface area contributed by atoms with E-state index in [0.717, 1.165) is 11.4 Å². The van der Waals surface area contributed by atoms with Crippen LogP contribution in [0.2, 0.25) is 0 Å². The first-order valence-corrected chi connectivity index (χ1v) is 5.89. The van der Waals surface area contributed by atoms with Crippen LogP contribution < -0.4 is 0 Å². The quantitative estimate of drug-likeness (QED) is 0.580. The van der Waals surface area contributed by atoms with Gasteiger partial charge in [-0.3, -0.25) is 4.57 Å². The van der Waals surface area contributed by atoms with Gasteiger partial charge in [0.05, 0.1) is 0 Å². The summed E-state index contributed by atoms with van der Waals surface area (Å²) in [6.07, 6.45) is 1.64. The van der Waals surface area contributed by atoms with Gasteiger partial charge in [0, 0.05) is 7.11 Å². The van der Waals surface area contributed by atoms with Gasteiger partial charge in [0.15, 0.2) is 0 Å². The maximum Gasteiger partial charge on any atom is 0.345 e. The van der Waals surface area contributed by atoms with Crippen molar-refractivity contribution in [2.75, 3.05) is 13.4 Å². The van der Waals surface area contributed by atoms with Gasteiger partial charge in [0.25, 0.3) is 0 Å². The highest BCUT2D eigenvalue weighted by molar-refractivity contribution is 8.63. The number of rotatable bonds is 2. The summed E-state index contributed by atoms with van der Waals surface area (Å²) in [5.74, 6) is -2.77. The predicted molar refractivity (Wildman–Crippen MR) is 34.0 cm³/mol. The molecule has 0 saturated carbocycles. The summed E-state index contributed by atoms with van der Waals surface area (Å²) in [6.45, 7) is 0. The van der Waals surface area contributed by atoms with E-state index in [1.165, 1.54) is 7.11 Å². The highest BCUT2D eigenvalue weighted by Gasteiger charge is 2.12. The Labute approximate surface area is 51.6 Å². The normalized spacial score (nSPS) is 18.7. The maximum atomic E-state index is 10.5. The molecule has 0 saturated heterocycles. The maximum absolute atomic E-state index is 10.5. The van der Waals surface area contributed by atoms with Crippen molar-refractivity contribution < 1.29 is 9.09 Å². The van der Waals surface area contributed by atoms with Gasteiger partial charge in [-0.15, -0.1) is 0 Å². The Hall–Kier alpha value is 0.830. The number of halogens is 1. The lowest BCUT2D eigenvalue weighted by Gasteiger charge is -1.99. The second-order valence-corrected chi connectivity index (χ2v) is 6.86. The van der Waals surface area contributed by atoms with E-state index < -0.39 is 5.92 Å². The van der Waals surface area contributed by atoms with Crippen LogP contribution in [-0.2, 0) is 9.09 Å². The minimum Gasteiger partial charge on any atom is -0.313 e. The minimum absolute atomic E-state index is 1.03. The third kappa shape index (κ3) is 3.42. The molecule has 1 unspecified atom stereocenters. The van der Waals surface area contributed by atoms with Gasteiger partial charge < -0.3 is 4.52 Å². The molecule has 0 bridgehead atoms. The third-order valence-corrected chi connectivity index (χ3v) is 4.72. The minimum atomic E-state index is -2.77. The average Bonchev–Trinajstić information content (AvgIpc) is 1.68. The molecule has 7 heavy (non-hydrogen) atoms. The van der Waals surface area contributed by atoms with Gasteiger partial charge in [-0.05, 0) is 17.5 Å². The first kappa shape index (κ1) is 7.83. The molecular weight excluding hydrogens is 155 g/mol. The molecule has 44 valence electrons. The van der Waals surface area contributed by atoms with Crippen molar-refractivity contribution in [3.63, 3.8) is 0 Å². The van der Waals surface area contributed by atoms with Crippen molar-refractivity contribution in [2.24, 2.45) is 0 Å². The largest absolute Gasteiger partial charge is 0.345 e. The van der Waals surface area contributed by atoms with Gasteiger partial charge in [-0.25, -0.2) is 0 Å². The van der Waals surface area contributed by atoms with Crippen LogP contribution in [0.1, 0.15) is 0 Å². The first-order valence-electron chi connectivity index (χ1n) is 1.53. The van der Waals surface area contributed by atoms with Crippen LogP contribution in [0.4, 0.5) is 0 Å². The summed E-state index contributed by atoms with van der Waals surface area (Å²) in [6, 6.07) is 0. The molecule has 0 aromatic heterocycles. The fraction of sp³-hybridized carbons (Fsp3) is 1.00. The third-order valence-electron chi connectivity index (χ3n) is 0.436. The van der Waals surface area contributed by atoms with Crippen LogP contribution in [0.5, 0.6) is 0 Å². The number of hydrogen-bond acceptors (Lipinski definition) is 3. The lowest BCUT2D eigenvalue weighted by Crippen LogP contribution is -1.65. The molecule has 1 atom stereocenters. The zero-order valence-electron chi connectivity index (χ0n) is 4.05. The summed E-state index contributed by atoms with van der Waals surface area (Å²) in [7, 11) is 1.32. The van der Waals surface area contributed by atoms with E-state index >= 15 is 0 Å². The summed E-state index contributed by atoms with van der Waals surface area (Å²) in [4.78, 5) is 0. The Morgan fingerprint density at radius 1 is 1.86 bits per heavy atom. The van der Waals surface area contributed by atoms with Gasteiger partial charge in [0.1, 0.15) is 0 Å². The van der Waals surface area contributed by atoms with Crippen LogP contribution in [0.25, 0.3) is 0 Å². The zero-order valence-corrected chi connectivity index (χ0v) is 6.52. The van der Waals surface area contributed by atoms with Gasteiger partial charge in [0.2, 0.25) is 0 Å². The molecule has 0 aliphatic carbocycles. The SMILES string of the molecule is COP(=O)(Cl)SC. The van der Waals surface area contributed by atoms with Gasteiger partial charge in [-0.2, -0.15) is 0 Å². The molecule has 0 amide bonds. The summed E-state index contributed by atoms with van der Waals surface area (Å²) in [5, 5.41) is 0. The van der Waals surface area contributed by atoms with Gasteiger partial charge >= 0.3 is 5.92 Å². The predicted octanol–water partition coefficient (Wildman–Crippen LogP) is 2.34. The van der Waals surface area contributed by atoms with Crippen molar-refractivity contribution in [3.8, 4) is 0 Å². The first-order chi connectivity index (χ1) is 3.12. The topological polar surface area (TPSA) is 26.3 Å². The van der Waals surface area contributed by atoms with E-state index in [2.05, 4.69) is 4.52 Å². The molecule has 0 N–H and O–H groups in total. The fourth-order valence-corrected chi connectivity index (χ4v) is 0.671. The van der Waals surface area contributed by atoms with Crippen molar-refractivity contribution in [3.05, 3.63) is 0 Å². The zero-order chi connectivity index (χ0) is 5.91. The highest BCUT2D eigenvalue weighted by Crippen LogP contribution is 2.62. The van der Waals surface area contributed by atoms with E-state index in [-0.39, 0.29) is 0 Å². The Morgan fingerprint density at radius 3 is 2.29 bits per heavy atom. The summed E-state index contributed by atoms with van der Waals surface area (Å²) in [5.41, 5.74) is 0. The highest BCUT2D eigenvalue weighted by atomic mass is 35.7. The molecule has 0 aromatic carbocycles. The van der Waals surface area contributed by atoms with Crippen LogP contribution in [0, 0.1) is 0 Å². The lowest BCUT2D eigenvalue weighted by atomic mass is 11.8. The van der Waals surface area contributed by atoms with Crippen LogP contribution >= 0.6 is 28.5 Å². The van der Waals surface area contributed by atoms with Crippen molar-refractivity contribution >= 4 is 28.5 Å². The van der Waals surface area contributed by atoms with E-state index in [0.29, 0.717) is 0 Å². The van der Waals surface area contributed by atoms with Crippen molar-refractivity contribution in [2.45, 2.75) is 0 Å². The van der Waals surface area contributed by atoms with E-state index in [1.54, 1.807) is 6.26 Å². The van der Waals surface area contributed by atoms with E-state index in [9.17, 15) is 4.57 Å². The molecular formula is C2H6ClO2PS. The summed E-state index contributed by atoms with van der Waals surface area (Å²) < 4.78 is 14.8. The molecule has 0 aliphatic rings. The molecule has 0 rings (SSSR count). The Kier molecular flexibility index (Phi) is 3.33. The molecule has 0 aliphatic heterocycles. The van der Waals surface area contributed by atoms with Crippen LogP contribution in [0.3, 0.4) is 0 Å². The molecule has 0 aromatic rings. The van der Waals surface area contributed by atoms with E-state index in [1.807, 2.05) is 0 Å². The molecule has 0 spiro atoms. The average molecular weight is 161 g/mol. The monoisotopic (exact) mass is 160 g/mol. The Balaban J connectivity index is 3.61. The molecule has 0 radical (unpaired) electrons. The second kappa shape index (κ2) is 2.98. The van der Waals surface area contributed by atoms with Crippen molar-refractivity contribution in [1.29, 1.82) is 0 Å². The smallest absolute Gasteiger partial charge is 0.313 e.